The summed E-state index contributed by atoms with van der Waals surface area (Å²) in [5.74, 6) is -1.16. The fraction of sp³-hybridized carbons (Fsp3) is 0.500. The highest BCUT2D eigenvalue weighted by Crippen LogP contribution is 2.27. The van der Waals surface area contributed by atoms with Gasteiger partial charge in [-0.1, -0.05) is 37.3 Å². The van der Waals surface area contributed by atoms with E-state index in [9.17, 15) is 14.7 Å². The topological polar surface area (TPSA) is 86.6 Å². The third-order valence-electron chi connectivity index (χ3n) is 3.67. The first-order chi connectivity index (χ1) is 9.90. The van der Waals surface area contributed by atoms with E-state index in [2.05, 4.69) is 5.32 Å². The summed E-state index contributed by atoms with van der Waals surface area (Å²) in [6, 6.07) is 8.77. The largest absolute Gasteiger partial charge is 0.481 e. The van der Waals surface area contributed by atoms with Crippen molar-refractivity contribution in [3.05, 3.63) is 35.9 Å². The van der Waals surface area contributed by atoms with Crippen LogP contribution in [0.25, 0.3) is 0 Å². The van der Waals surface area contributed by atoms with Crippen molar-refractivity contribution in [1.29, 1.82) is 0 Å². The Balaban J connectivity index is 2.71. The number of hydrogen-bond donors (Lipinski definition) is 3. The molecule has 0 saturated heterocycles. The van der Waals surface area contributed by atoms with E-state index in [1.165, 1.54) is 0 Å². The smallest absolute Gasteiger partial charge is 0.314 e. The summed E-state index contributed by atoms with van der Waals surface area (Å²) in [6.45, 7) is 3.99. The lowest BCUT2D eigenvalue weighted by Crippen LogP contribution is -2.40. The Bertz CT molecular complexity index is 474. The van der Waals surface area contributed by atoms with Crippen LogP contribution in [0.4, 0.5) is 0 Å². The van der Waals surface area contributed by atoms with Gasteiger partial charge in [0.15, 0.2) is 0 Å². The summed E-state index contributed by atoms with van der Waals surface area (Å²) in [6.07, 6.45) is 0.493. The number of carbonyl (C=O) groups is 2. The van der Waals surface area contributed by atoms with Crippen LogP contribution in [-0.4, -0.2) is 35.2 Å². The van der Waals surface area contributed by atoms with Crippen molar-refractivity contribution in [3.63, 3.8) is 0 Å². The number of aliphatic hydroxyl groups excluding tert-OH is 1. The predicted octanol–water partition coefficient (Wildman–Crippen LogP) is 1.55. The van der Waals surface area contributed by atoms with Gasteiger partial charge in [0.2, 0.25) is 5.91 Å². The molecule has 0 bridgehead atoms. The van der Waals surface area contributed by atoms with Gasteiger partial charge in [-0.2, -0.15) is 0 Å². The molecule has 5 nitrogen and oxygen atoms in total. The number of amides is 1. The van der Waals surface area contributed by atoms with Gasteiger partial charge in [0, 0.05) is 19.6 Å². The molecule has 3 N–H and O–H groups in total. The van der Waals surface area contributed by atoms with Crippen molar-refractivity contribution < 1.29 is 19.8 Å². The molecule has 0 spiro atoms. The molecule has 1 rings (SSSR count). The maximum absolute atomic E-state index is 12.0. The molecule has 5 heteroatoms. The van der Waals surface area contributed by atoms with Gasteiger partial charge in [0.25, 0.3) is 0 Å². The van der Waals surface area contributed by atoms with Crippen molar-refractivity contribution in [2.24, 2.45) is 5.92 Å². The minimum atomic E-state index is -1.24. The highest BCUT2D eigenvalue weighted by atomic mass is 16.4. The Morgan fingerprint density at radius 3 is 2.43 bits per heavy atom. The molecule has 1 aromatic carbocycles. The Morgan fingerprint density at radius 2 is 1.90 bits per heavy atom. The molecular formula is C16H23NO4. The van der Waals surface area contributed by atoms with E-state index in [1.807, 2.05) is 13.0 Å². The third-order valence-corrected chi connectivity index (χ3v) is 3.67. The molecule has 0 heterocycles. The molecule has 0 aliphatic rings. The van der Waals surface area contributed by atoms with Crippen LogP contribution in [0.2, 0.25) is 0 Å². The number of carboxylic acids is 1. The minimum absolute atomic E-state index is 0.0773. The number of carboxylic acid groups (broad SMARTS) is 1. The summed E-state index contributed by atoms with van der Waals surface area (Å²) in [4.78, 5) is 23.6. The van der Waals surface area contributed by atoms with Crippen molar-refractivity contribution >= 4 is 11.9 Å². The normalized spacial score (nSPS) is 15.0. The Labute approximate surface area is 125 Å². The van der Waals surface area contributed by atoms with Gasteiger partial charge < -0.3 is 15.5 Å². The summed E-state index contributed by atoms with van der Waals surface area (Å²) in [5.41, 5.74) is -0.637. The molecule has 0 aliphatic carbocycles. The first-order valence-corrected chi connectivity index (χ1v) is 7.06. The van der Waals surface area contributed by atoms with E-state index in [4.69, 9.17) is 5.11 Å². The zero-order valence-electron chi connectivity index (χ0n) is 12.5. The van der Waals surface area contributed by atoms with Crippen LogP contribution in [0, 0.1) is 5.92 Å². The maximum Gasteiger partial charge on any atom is 0.314 e. The molecule has 116 valence electrons. The van der Waals surface area contributed by atoms with Crippen LogP contribution in [0.5, 0.6) is 0 Å². The Morgan fingerprint density at radius 1 is 1.29 bits per heavy atom. The first-order valence-electron chi connectivity index (χ1n) is 7.06. The quantitative estimate of drug-likeness (QED) is 0.679. The van der Waals surface area contributed by atoms with Gasteiger partial charge in [-0.25, -0.2) is 0 Å². The predicted molar refractivity (Wildman–Crippen MR) is 79.9 cm³/mol. The van der Waals surface area contributed by atoms with E-state index in [-0.39, 0.29) is 24.9 Å². The second-order valence-corrected chi connectivity index (χ2v) is 5.60. The van der Waals surface area contributed by atoms with Gasteiger partial charge in [-0.05, 0) is 24.8 Å². The van der Waals surface area contributed by atoms with Crippen LogP contribution in [0.1, 0.15) is 32.3 Å². The van der Waals surface area contributed by atoms with Crippen LogP contribution in [0.15, 0.2) is 30.3 Å². The number of benzene rings is 1. The van der Waals surface area contributed by atoms with Gasteiger partial charge in [0.1, 0.15) is 0 Å². The lowest BCUT2D eigenvalue weighted by atomic mass is 9.79. The van der Waals surface area contributed by atoms with Crippen LogP contribution < -0.4 is 5.32 Å². The molecule has 1 aromatic rings. The molecule has 2 unspecified atom stereocenters. The number of rotatable bonds is 8. The Kier molecular flexibility index (Phi) is 6.37. The summed E-state index contributed by atoms with van der Waals surface area (Å²) in [5, 5.41) is 21.0. The molecular weight excluding hydrogens is 270 g/mol. The average molecular weight is 293 g/mol. The van der Waals surface area contributed by atoms with Gasteiger partial charge in [-0.15, -0.1) is 0 Å². The third kappa shape index (κ3) is 4.86. The number of carbonyl (C=O) groups excluding carboxylic acids is 1. The second-order valence-electron chi connectivity index (χ2n) is 5.60. The van der Waals surface area contributed by atoms with Crippen molar-refractivity contribution in [3.8, 4) is 0 Å². The summed E-state index contributed by atoms with van der Waals surface area (Å²) >= 11 is 0. The number of aliphatic carboxylic acids is 1. The Hall–Kier alpha value is -1.88. The lowest BCUT2D eigenvalue weighted by molar-refractivity contribution is -0.145. The number of aliphatic hydroxyl groups is 1. The second kappa shape index (κ2) is 7.78. The molecule has 2 atom stereocenters. The highest BCUT2D eigenvalue weighted by molar-refractivity contribution is 5.89. The zero-order chi connectivity index (χ0) is 15.9. The molecule has 0 aliphatic heterocycles. The van der Waals surface area contributed by atoms with Crippen LogP contribution >= 0.6 is 0 Å². The van der Waals surface area contributed by atoms with Crippen molar-refractivity contribution in [2.75, 3.05) is 13.2 Å². The highest BCUT2D eigenvalue weighted by Gasteiger charge is 2.37. The number of nitrogens with one attached hydrogen (secondary N) is 1. The molecule has 0 radical (unpaired) electrons. The molecule has 21 heavy (non-hydrogen) atoms. The standard InChI is InChI=1S/C16H23NO4/c1-12(8-9-18)11-17-14(19)10-16(2,15(20)21)13-6-4-3-5-7-13/h3-7,12,18H,8-11H2,1-2H3,(H,17,19)(H,20,21). The monoisotopic (exact) mass is 293 g/mol. The molecule has 0 aromatic heterocycles. The summed E-state index contributed by atoms with van der Waals surface area (Å²) < 4.78 is 0. The number of hydrogen-bond acceptors (Lipinski definition) is 3. The van der Waals surface area contributed by atoms with E-state index in [0.717, 1.165) is 0 Å². The minimum Gasteiger partial charge on any atom is -0.481 e. The van der Waals surface area contributed by atoms with E-state index in [1.54, 1.807) is 31.2 Å². The molecule has 0 fully saturated rings. The molecule has 0 saturated carbocycles. The van der Waals surface area contributed by atoms with E-state index < -0.39 is 11.4 Å². The lowest BCUT2D eigenvalue weighted by Gasteiger charge is -2.25. The van der Waals surface area contributed by atoms with E-state index in [0.29, 0.717) is 18.5 Å². The fourth-order valence-corrected chi connectivity index (χ4v) is 2.10. The van der Waals surface area contributed by atoms with Crippen molar-refractivity contribution in [1.82, 2.24) is 5.32 Å². The molecule has 1 amide bonds. The van der Waals surface area contributed by atoms with Gasteiger partial charge in [-0.3, -0.25) is 9.59 Å². The zero-order valence-corrected chi connectivity index (χ0v) is 12.5. The summed E-state index contributed by atoms with van der Waals surface area (Å²) in [7, 11) is 0. The van der Waals surface area contributed by atoms with Gasteiger partial charge >= 0.3 is 5.97 Å². The first kappa shape index (κ1) is 17.2. The average Bonchev–Trinajstić information content (AvgIpc) is 2.46. The van der Waals surface area contributed by atoms with Crippen molar-refractivity contribution in [2.45, 2.75) is 32.1 Å². The van der Waals surface area contributed by atoms with Gasteiger partial charge in [0.05, 0.1) is 5.41 Å². The fourth-order valence-electron chi connectivity index (χ4n) is 2.10. The maximum atomic E-state index is 12.0. The van der Waals surface area contributed by atoms with Crippen LogP contribution in [-0.2, 0) is 15.0 Å². The van der Waals surface area contributed by atoms with Crippen LogP contribution in [0.3, 0.4) is 0 Å². The SMILES string of the molecule is CC(CCO)CNC(=O)CC(C)(C(=O)O)c1ccccc1. The van der Waals surface area contributed by atoms with E-state index >= 15 is 0 Å².